The number of benzene rings is 3. The van der Waals surface area contributed by atoms with Gasteiger partial charge in [-0.3, -0.25) is 4.79 Å². The molecule has 0 unspecified atom stereocenters. The van der Waals surface area contributed by atoms with Gasteiger partial charge < -0.3 is 14.8 Å². The standard InChI is InChI=1S/C22H19N3O3/c1-13(2)25-18-10-6-5-9-16(18)20(22(25)28)23-24-21(27)17-11-14-7-3-4-8-15(14)12-19(17)26/h3-13,26,28H,1-2H3. The van der Waals surface area contributed by atoms with Crippen LogP contribution in [0.1, 0.15) is 30.2 Å². The van der Waals surface area contributed by atoms with Crippen LogP contribution in [0.2, 0.25) is 0 Å². The smallest absolute Gasteiger partial charge is 0.299 e. The maximum Gasteiger partial charge on any atom is 0.299 e. The van der Waals surface area contributed by atoms with Crippen molar-refractivity contribution < 1.29 is 15.0 Å². The van der Waals surface area contributed by atoms with E-state index in [1.807, 2.05) is 62.4 Å². The van der Waals surface area contributed by atoms with E-state index in [9.17, 15) is 15.0 Å². The summed E-state index contributed by atoms with van der Waals surface area (Å²) in [6.07, 6.45) is 0. The predicted octanol–water partition coefficient (Wildman–Crippen LogP) is 5.71. The minimum absolute atomic E-state index is 0.00841. The average Bonchev–Trinajstić information content (AvgIpc) is 2.97. The van der Waals surface area contributed by atoms with Crippen LogP contribution in [-0.4, -0.2) is 20.7 Å². The van der Waals surface area contributed by atoms with Crippen LogP contribution in [0.5, 0.6) is 11.6 Å². The lowest BCUT2D eigenvalue weighted by molar-refractivity contribution is 0.0992. The third kappa shape index (κ3) is 2.89. The van der Waals surface area contributed by atoms with Gasteiger partial charge in [0.15, 0.2) is 5.69 Å². The molecule has 2 N–H and O–H groups in total. The molecule has 4 aromatic rings. The van der Waals surface area contributed by atoms with Gasteiger partial charge in [0.25, 0.3) is 5.91 Å². The molecule has 0 bridgehead atoms. The highest BCUT2D eigenvalue weighted by atomic mass is 16.3. The summed E-state index contributed by atoms with van der Waals surface area (Å²) in [5.41, 5.74) is 1.11. The third-order valence-corrected chi connectivity index (χ3v) is 4.71. The summed E-state index contributed by atoms with van der Waals surface area (Å²) in [6.45, 7) is 3.90. The number of para-hydroxylation sites is 1. The number of amides is 1. The fourth-order valence-corrected chi connectivity index (χ4v) is 3.40. The van der Waals surface area contributed by atoms with Crippen LogP contribution < -0.4 is 0 Å². The number of phenols is 1. The zero-order valence-corrected chi connectivity index (χ0v) is 15.5. The van der Waals surface area contributed by atoms with E-state index >= 15 is 0 Å². The number of hydrogen-bond donors (Lipinski definition) is 2. The number of rotatable bonds is 3. The van der Waals surface area contributed by atoms with E-state index in [0.717, 1.165) is 16.3 Å². The molecule has 0 aliphatic heterocycles. The van der Waals surface area contributed by atoms with Crippen LogP contribution in [-0.2, 0) is 0 Å². The van der Waals surface area contributed by atoms with E-state index < -0.39 is 5.91 Å². The Morgan fingerprint density at radius 2 is 1.61 bits per heavy atom. The first-order chi connectivity index (χ1) is 13.5. The molecule has 0 saturated carbocycles. The minimum atomic E-state index is -0.677. The maximum absolute atomic E-state index is 12.6. The first kappa shape index (κ1) is 17.7. The van der Waals surface area contributed by atoms with E-state index in [2.05, 4.69) is 10.2 Å². The van der Waals surface area contributed by atoms with Gasteiger partial charge >= 0.3 is 0 Å². The first-order valence-electron chi connectivity index (χ1n) is 8.97. The lowest BCUT2D eigenvalue weighted by atomic mass is 10.1. The number of phenolic OH excluding ortho intramolecular Hbond substituents is 1. The Kier molecular flexibility index (Phi) is 4.31. The number of fused-ring (bicyclic) bond motifs is 2. The molecule has 4 rings (SSSR count). The number of carbonyl (C=O) groups is 1. The molecular formula is C22H19N3O3. The van der Waals surface area contributed by atoms with Crippen molar-refractivity contribution in [2.24, 2.45) is 10.2 Å². The van der Waals surface area contributed by atoms with Crippen LogP contribution in [0.15, 0.2) is 70.9 Å². The van der Waals surface area contributed by atoms with Gasteiger partial charge in [-0.2, -0.15) is 0 Å². The average molecular weight is 373 g/mol. The van der Waals surface area contributed by atoms with Crippen molar-refractivity contribution in [1.82, 2.24) is 4.57 Å². The molecule has 0 atom stereocenters. The minimum Gasteiger partial charge on any atom is -0.507 e. The van der Waals surface area contributed by atoms with Gasteiger partial charge in [0.05, 0.1) is 11.1 Å². The molecule has 28 heavy (non-hydrogen) atoms. The van der Waals surface area contributed by atoms with Gasteiger partial charge in [-0.25, -0.2) is 0 Å². The largest absolute Gasteiger partial charge is 0.507 e. The summed E-state index contributed by atoms with van der Waals surface area (Å²) in [7, 11) is 0. The highest BCUT2D eigenvalue weighted by Gasteiger charge is 2.19. The van der Waals surface area contributed by atoms with Crippen LogP contribution in [0.25, 0.3) is 21.7 Å². The van der Waals surface area contributed by atoms with Crippen molar-refractivity contribution in [3.63, 3.8) is 0 Å². The molecule has 0 saturated heterocycles. The van der Waals surface area contributed by atoms with Crippen LogP contribution in [0.4, 0.5) is 5.69 Å². The first-order valence-corrected chi connectivity index (χ1v) is 8.97. The molecule has 1 aromatic heterocycles. The van der Waals surface area contributed by atoms with Crippen molar-refractivity contribution in [3.05, 3.63) is 66.2 Å². The summed E-state index contributed by atoms with van der Waals surface area (Å²) >= 11 is 0. The van der Waals surface area contributed by atoms with Gasteiger partial charge in [0.2, 0.25) is 5.88 Å². The van der Waals surface area contributed by atoms with Crippen LogP contribution in [0.3, 0.4) is 0 Å². The Morgan fingerprint density at radius 3 is 2.32 bits per heavy atom. The number of carbonyl (C=O) groups excluding carboxylic acids is 1. The molecule has 1 heterocycles. The normalized spacial score (nSPS) is 11.8. The molecule has 6 heteroatoms. The lowest BCUT2D eigenvalue weighted by Crippen LogP contribution is -1.98. The van der Waals surface area contributed by atoms with Crippen molar-refractivity contribution in [2.45, 2.75) is 19.9 Å². The molecule has 140 valence electrons. The van der Waals surface area contributed by atoms with Gasteiger partial charge in [-0.1, -0.05) is 42.5 Å². The quantitative estimate of drug-likeness (QED) is 0.451. The molecular weight excluding hydrogens is 354 g/mol. The van der Waals surface area contributed by atoms with E-state index in [0.29, 0.717) is 5.39 Å². The van der Waals surface area contributed by atoms with Gasteiger partial charge in [-0.15, -0.1) is 10.2 Å². The zero-order chi connectivity index (χ0) is 19.8. The maximum atomic E-state index is 12.6. The second-order valence-electron chi connectivity index (χ2n) is 6.87. The van der Waals surface area contributed by atoms with Crippen molar-refractivity contribution in [2.75, 3.05) is 0 Å². The van der Waals surface area contributed by atoms with Crippen molar-refractivity contribution in [3.8, 4) is 11.6 Å². The topological polar surface area (TPSA) is 87.2 Å². The van der Waals surface area contributed by atoms with Gasteiger partial charge in [0, 0.05) is 11.4 Å². The van der Waals surface area contributed by atoms with Gasteiger partial charge in [0.1, 0.15) is 5.75 Å². The Hall–Kier alpha value is -3.67. The van der Waals surface area contributed by atoms with Crippen molar-refractivity contribution in [1.29, 1.82) is 0 Å². The van der Waals surface area contributed by atoms with E-state index in [1.54, 1.807) is 10.6 Å². The number of aromatic nitrogens is 1. The number of hydrogen-bond acceptors (Lipinski definition) is 4. The Morgan fingerprint density at radius 1 is 0.964 bits per heavy atom. The highest BCUT2D eigenvalue weighted by Crippen LogP contribution is 2.41. The summed E-state index contributed by atoms with van der Waals surface area (Å²) in [4.78, 5) is 12.6. The summed E-state index contributed by atoms with van der Waals surface area (Å²) < 4.78 is 1.74. The Labute approximate surface area is 161 Å². The molecule has 1 amide bonds. The number of nitrogens with zero attached hydrogens (tertiary/aromatic N) is 3. The third-order valence-electron chi connectivity index (χ3n) is 4.71. The van der Waals surface area contributed by atoms with Crippen molar-refractivity contribution >= 4 is 33.3 Å². The number of aromatic hydroxyl groups is 2. The molecule has 0 spiro atoms. The molecule has 0 aliphatic rings. The lowest BCUT2D eigenvalue weighted by Gasteiger charge is -2.10. The molecule has 6 nitrogen and oxygen atoms in total. The second-order valence-corrected chi connectivity index (χ2v) is 6.87. The Bertz CT molecular complexity index is 1240. The predicted molar refractivity (Wildman–Crippen MR) is 108 cm³/mol. The van der Waals surface area contributed by atoms with Gasteiger partial charge in [-0.05, 0) is 42.8 Å². The summed E-state index contributed by atoms with van der Waals surface area (Å²) in [5.74, 6) is -0.879. The summed E-state index contributed by atoms with van der Waals surface area (Å²) in [6, 6.07) is 17.9. The van der Waals surface area contributed by atoms with E-state index in [4.69, 9.17) is 0 Å². The Balaban J connectivity index is 1.77. The second kappa shape index (κ2) is 6.81. The zero-order valence-electron chi connectivity index (χ0n) is 15.5. The molecule has 0 aliphatic carbocycles. The SMILES string of the molecule is CC(C)n1c(O)c(N=NC(=O)c2cc3ccccc3cc2O)c2ccccc21. The fourth-order valence-electron chi connectivity index (χ4n) is 3.40. The van der Waals surface area contributed by atoms with E-state index in [-0.39, 0.29) is 28.9 Å². The monoisotopic (exact) mass is 373 g/mol. The highest BCUT2D eigenvalue weighted by molar-refractivity contribution is 6.02. The van der Waals surface area contributed by atoms with Crippen LogP contribution >= 0.6 is 0 Å². The fraction of sp³-hybridized carbons (Fsp3) is 0.136. The number of azo groups is 1. The van der Waals surface area contributed by atoms with Crippen LogP contribution in [0, 0.1) is 0 Å². The molecule has 0 fully saturated rings. The summed E-state index contributed by atoms with van der Waals surface area (Å²) in [5, 5.41) is 31.0. The van der Waals surface area contributed by atoms with E-state index in [1.165, 1.54) is 6.07 Å². The molecule has 0 radical (unpaired) electrons. The molecule has 3 aromatic carbocycles.